The molecular formula is C118H172ClFN4O6S6Si2. The van der Waals surface area contributed by atoms with E-state index in [1.165, 1.54) is 243 Å². The number of aryl methyl sites for hydroxylation is 2. The highest BCUT2D eigenvalue weighted by Gasteiger charge is 2.40. The molecule has 12 rings (SSSR count). The van der Waals surface area contributed by atoms with Crippen LogP contribution in [0.5, 0.6) is 23.0 Å². The second kappa shape index (κ2) is 57.8. The molecule has 0 radical (unpaired) electrons. The number of furan rings is 2. The van der Waals surface area contributed by atoms with Gasteiger partial charge in [0.05, 0.1) is 87.7 Å². The zero-order chi connectivity index (χ0) is 97.8. The fraction of sp³-hybridized carbons (Fsp3) is 0.627. The number of halogens is 2. The van der Waals surface area contributed by atoms with E-state index in [0.717, 1.165) is 212 Å². The van der Waals surface area contributed by atoms with Gasteiger partial charge in [-0.3, -0.25) is 0 Å². The minimum absolute atomic E-state index is 0.0695. The van der Waals surface area contributed by atoms with Gasteiger partial charge < -0.3 is 27.8 Å². The number of fused-ring (bicyclic) bond motifs is 4. The minimum atomic E-state index is -1.96. The molecule has 0 aliphatic rings. The topological polar surface area (TPSA) is 115 Å². The van der Waals surface area contributed by atoms with Crippen molar-refractivity contribution in [2.75, 3.05) is 26.4 Å². The lowest BCUT2D eigenvalue weighted by molar-refractivity contribution is 0.193. The molecule has 12 aromatic rings. The third kappa shape index (κ3) is 28.3. The number of thiophene rings is 4. The number of ether oxygens (including phenoxy) is 4. The number of hydrogen-bond acceptors (Lipinski definition) is 16. The summed E-state index contributed by atoms with van der Waals surface area (Å²) in [6.45, 7) is 39.2. The number of unbranched alkanes of at least 4 members (excludes halogenated alkanes) is 22. The smallest absolute Gasteiger partial charge is 0.175 e. The van der Waals surface area contributed by atoms with Crippen molar-refractivity contribution in [2.45, 2.75) is 430 Å². The molecule has 8 heterocycles. The second-order valence-electron chi connectivity index (χ2n) is 41.0. The Hall–Kier alpha value is -5.75. The van der Waals surface area contributed by atoms with Crippen LogP contribution in [-0.2, 0) is 0 Å². The van der Waals surface area contributed by atoms with Gasteiger partial charge in [-0.25, -0.2) is 4.39 Å². The zero-order valence-electron chi connectivity index (χ0n) is 87.9. The number of aromatic nitrogens is 4. The molecule has 4 aromatic carbocycles. The molecule has 8 aromatic heterocycles. The zero-order valence-corrected chi connectivity index (χ0v) is 95.5. The summed E-state index contributed by atoms with van der Waals surface area (Å²) in [4.78, 5) is 5.88. The highest BCUT2D eigenvalue weighted by molar-refractivity contribution is 7.30. The van der Waals surface area contributed by atoms with Crippen molar-refractivity contribution < 1.29 is 32.2 Å². The molecule has 4 atom stereocenters. The molecule has 4 unspecified atom stereocenters. The molecule has 758 valence electrons. The highest BCUT2D eigenvalue weighted by atomic mass is 35.5. The van der Waals surface area contributed by atoms with E-state index in [2.05, 4.69) is 194 Å². The van der Waals surface area contributed by atoms with Crippen molar-refractivity contribution in [1.29, 1.82) is 0 Å². The number of nitrogens with zero attached hydrogens (tertiary/aromatic N) is 4. The standard InChI is InChI=1S/C118H172ClFN4O6S6Si2/c1-17-31-45-49-57-85(53-35-21-5)79-125-113-84(16)109-111(123-135-121-109)105(117(113)127-81-87(55-37-23-7)59-51-47-33-19-3)98-65-63-94(131-98)89-61-62-90(108(120)107(89)119)95-64-66-99(132-95)106-112-110(122-136-124-112)104(116(126-80-86(54-36-22-6)58-50-46-32-18-2)118(106)128-82-88(56-38-24-8)60-52-48-34-20-4)93-78-92-103(97-68-70-101(134-97)138(74-42-28-12,75-43-29-13)76-44-30-14)114-91(77-83(15)129-114)102(115(92)130-93)96-67-69-100(133-96)137(71-39-25-9,72-40-26-10)73-41-27-11/h61-70,77-78,85-88H,17-60,71-76,79-82H2,1-16H3. The Bertz CT molecular complexity index is 5440. The van der Waals surface area contributed by atoms with Crippen molar-refractivity contribution >= 4 is 150 Å². The van der Waals surface area contributed by atoms with Gasteiger partial charge in [0, 0.05) is 67.9 Å². The van der Waals surface area contributed by atoms with Crippen LogP contribution < -0.4 is 27.9 Å². The van der Waals surface area contributed by atoms with Crippen LogP contribution in [0.4, 0.5) is 4.39 Å². The fourth-order valence-corrected chi connectivity index (χ4v) is 41.1. The van der Waals surface area contributed by atoms with Crippen LogP contribution in [-0.4, -0.2) is 60.1 Å². The lowest BCUT2D eigenvalue weighted by Crippen LogP contribution is -2.45. The lowest BCUT2D eigenvalue weighted by Gasteiger charge is -2.31. The first kappa shape index (κ1) is 111. The van der Waals surface area contributed by atoms with Crippen molar-refractivity contribution in [3.05, 3.63) is 95.0 Å². The average Bonchev–Trinajstić information content (AvgIpc) is 1.55. The van der Waals surface area contributed by atoms with Crippen LogP contribution in [0.3, 0.4) is 0 Å². The maximum atomic E-state index is 18.5. The monoisotopic (exact) mass is 2040 g/mol. The SMILES string of the molecule is CCCCCCC(CCCC)COc1c(OCC(CCCC)CCCCCC)c(-c2ccc(-c3ccc(-c4ccc(-c5c(OCC(CCCC)CCCCCC)c(OCC(CCCC)CCCCCC)c(-c6cc7c(-c8ccc([Si](CCCC)(CCCC)CCCC)s8)c8oc(C)cc8c(-c8ccc([Si](CCCC)(CCCC)CCCC)s8)c7o6)c6nsnc56)s4)c(F)c3Cl)s2)c2nsnc2c1C. The first-order chi connectivity index (χ1) is 67.5. The molecule has 0 amide bonds. The summed E-state index contributed by atoms with van der Waals surface area (Å²) in [6.07, 6.45) is 51.8. The van der Waals surface area contributed by atoms with Gasteiger partial charge in [-0.2, -0.15) is 17.5 Å². The third-order valence-electron chi connectivity index (χ3n) is 30.0. The summed E-state index contributed by atoms with van der Waals surface area (Å²) in [7, 11) is -3.93. The van der Waals surface area contributed by atoms with Crippen molar-refractivity contribution in [3.63, 3.8) is 0 Å². The van der Waals surface area contributed by atoms with Gasteiger partial charge in [0.15, 0.2) is 28.8 Å². The van der Waals surface area contributed by atoms with E-state index in [1.54, 1.807) is 31.7 Å². The van der Waals surface area contributed by atoms with Gasteiger partial charge in [0.25, 0.3) is 0 Å². The molecule has 0 spiro atoms. The van der Waals surface area contributed by atoms with E-state index < -0.39 is 22.0 Å². The molecule has 0 aliphatic heterocycles. The molecule has 0 bridgehead atoms. The predicted octanol–water partition coefficient (Wildman–Crippen LogP) is 41.2. The molecule has 0 saturated heterocycles. The Morgan fingerprint density at radius 1 is 0.312 bits per heavy atom. The molecule has 0 fully saturated rings. The molecule has 138 heavy (non-hydrogen) atoms. The van der Waals surface area contributed by atoms with Gasteiger partial charge in [0.2, 0.25) is 0 Å². The quantitative estimate of drug-likeness (QED) is 0.0270. The largest absolute Gasteiger partial charge is 0.489 e. The van der Waals surface area contributed by atoms with E-state index in [-0.39, 0.29) is 16.9 Å². The summed E-state index contributed by atoms with van der Waals surface area (Å²) < 4.78 is 88.9. The van der Waals surface area contributed by atoms with E-state index in [9.17, 15) is 0 Å². The van der Waals surface area contributed by atoms with Crippen molar-refractivity contribution in [2.24, 2.45) is 23.7 Å². The highest BCUT2D eigenvalue weighted by Crippen LogP contribution is 2.58. The first-order valence-corrected chi connectivity index (χ1v) is 65.9. The maximum Gasteiger partial charge on any atom is 0.175 e. The van der Waals surface area contributed by atoms with Crippen molar-refractivity contribution in [3.8, 4) is 97.0 Å². The van der Waals surface area contributed by atoms with Crippen LogP contribution in [0, 0.1) is 43.3 Å². The first-order valence-electron chi connectivity index (χ1n) is 55.6. The Balaban J connectivity index is 1.06. The maximum absolute atomic E-state index is 18.5. The van der Waals surface area contributed by atoms with E-state index in [1.807, 2.05) is 12.1 Å². The molecule has 0 aliphatic carbocycles. The Labute approximate surface area is 863 Å². The summed E-state index contributed by atoms with van der Waals surface area (Å²) in [5.74, 6) is 5.27. The van der Waals surface area contributed by atoms with Gasteiger partial charge in [-0.15, -0.1) is 45.3 Å². The third-order valence-corrected chi connectivity index (χ3v) is 49.0. The molecule has 10 nitrogen and oxygen atoms in total. The minimum Gasteiger partial charge on any atom is -0.489 e. The second-order valence-corrected chi connectivity index (χ2v) is 56.7. The summed E-state index contributed by atoms with van der Waals surface area (Å²) in [5, 5.41) is 2.20. The molecule has 0 saturated carbocycles. The lowest BCUT2D eigenvalue weighted by atomic mass is 9.95. The Morgan fingerprint density at radius 2 is 0.616 bits per heavy atom. The van der Waals surface area contributed by atoms with Crippen molar-refractivity contribution in [1.82, 2.24) is 17.5 Å². The van der Waals surface area contributed by atoms with E-state index in [4.69, 9.17) is 56.9 Å². The van der Waals surface area contributed by atoms with Gasteiger partial charge in [-0.05, 0) is 152 Å². The van der Waals surface area contributed by atoms with E-state index >= 15 is 4.39 Å². The number of rotatable bonds is 71. The van der Waals surface area contributed by atoms with Crippen LogP contribution in [0.15, 0.2) is 81.6 Å². The van der Waals surface area contributed by atoms with Crippen LogP contribution in [0.25, 0.3) is 118 Å². The van der Waals surface area contributed by atoms with Crippen LogP contribution in [0.2, 0.25) is 41.3 Å². The Morgan fingerprint density at radius 3 is 1.01 bits per heavy atom. The van der Waals surface area contributed by atoms with Crippen LogP contribution >= 0.6 is 80.4 Å². The number of hydrogen-bond donors (Lipinski definition) is 0. The fourth-order valence-electron chi connectivity index (χ4n) is 21.6. The summed E-state index contributed by atoms with van der Waals surface area (Å²) in [5.41, 5.74) is 11.5. The molecule has 20 heteroatoms. The van der Waals surface area contributed by atoms with Gasteiger partial charge >= 0.3 is 0 Å². The normalized spacial score (nSPS) is 13.1. The van der Waals surface area contributed by atoms with Gasteiger partial charge in [-0.1, -0.05) is 394 Å². The predicted molar refractivity (Wildman–Crippen MR) is 610 cm³/mol. The average molecular weight is 2050 g/mol. The summed E-state index contributed by atoms with van der Waals surface area (Å²) >= 11 is 17.3. The summed E-state index contributed by atoms with van der Waals surface area (Å²) in [6, 6.07) is 35.1. The Kier molecular flexibility index (Phi) is 46.5. The number of benzene rings is 4. The van der Waals surface area contributed by atoms with E-state index in [0.29, 0.717) is 77.7 Å². The molecule has 0 N–H and O–H groups in total. The van der Waals surface area contributed by atoms with Gasteiger partial charge in [0.1, 0.15) is 44.8 Å². The van der Waals surface area contributed by atoms with Crippen LogP contribution in [0.1, 0.15) is 391 Å². The molecular weight excluding hydrogens is 1870 g/mol.